The topological polar surface area (TPSA) is 111 Å². The first-order valence-corrected chi connectivity index (χ1v) is 8.45. The summed E-state index contributed by atoms with van der Waals surface area (Å²) in [5.74, 6) is -1.43. The molecule has 1 aromatic rings. The molecule has 0 aliphatic rings. The molecule has 1 rings (SSSR count). The van der Waals surface area contributed by atoms with Gasteiger partial charge in [-0.05, 0) is 38.1 Å². The molecule has 0 fully saturated rings. The lowest BCUT2D eigenvalue weighted by Crippen LogP contribution is -2.15. The third-order valence-corrected chi connectivity index (χ3v) is 3.18. The highest BCUT2D eigenvalue weighted by Gasteiger charge is 2.09. The van der Waals surface area contributed by atoms with Crippen LogP contribution in [0.1, 0.15) is 39.5 Å². The summed E-state index contributed by atoms with van der Waals surface area (Å²) < 4.78 is 9.51. The number of ether oxygens (including phenoxy) is 2. The van der Waals surface area contributed by atoms with Crippen molar-refractivity contribution in [3.8, 4) is 0 Å². The molecule has 26 heavy (non-hydrogen) atoms. The van der Waals surface area contributed by atoms with Gasteiger partial charge in [0, 0.05) is 24.2 Å². The van der Waals surface area contributed by atoms with Gasteiger partial charge in [-0.3, -0.25) is 19.2 Å². The third-order valence-electron chi connectivity index (χ3n) is 3.18. The van der Waals surface area contributed by atoms with Crippen LogP contribution in [0.2, 0.25) is 0 Å². The van der Waals surface area contributed by atoms with Crippen molar-refractivity contribution >= 4 is 35.1 Å². The van der Waals surface area contributed by atoms with E-state index in [1.54, 1.807) is 38.1 Å². The molecule has 8 nitrogen and oxygen atoms in total. The third kappa shape index (κ3) is 8.81. The molecule has 0 bridgehead atoms. The predicted molar refractivity (Wildman–Crippen MR) is 95.4 cm³/mol. The lowest BCUT2D eigenvalue weighted by molar-refractivity contribution is -0.144. The summed E-state index contributed by atoms with van der Waals surface area (Å²) in [6, 6.07) is 6.51. The van der Waals surface area contributed by atoms with Crippen LogP contribution in [0.25, 0.3) is 0 Å². The van der Waals surface area contributed by atoms with E-state index < -0.39 is 11.9 Å². The van der Waals surface area contributed by atoms with E-state index in [0.29, 0.717) is 11.4 Å². The van der Waals surface area contributed by atoms with E-state index in [-0.39, 0.29) is 50.7 Å². The number of nitrogens with one attached hydrogen (secondary N) is 2. The molecule has 0 aliphatic carbocycles. The summed E-state index contributed by atoms with van der Waals surface area (Å²) in [7, 11) is 0. The largest absolute Gasteiger partial charge is 0.466 e. The summed E-state index contributed by atoms with van der Waals surface area (Å²) in [6.07, 6.45) is 0.110. The number of carbonyl (C=O) groups is 4. The SMILES string of the molecule is CCOC(=O)CCC(=O)Nc1ccc(NC(=O)CCC(=O)OCC)cc1. The second-order valence-electron chi connectivity index (χ2n) is 5.28. The molecule has 0 atom stereocenters. The maximum Gasteiger partial charge on any atom is 0.306 e. The van der Waals surface area contributed by atoms with Crippen LogP contribution in [0.3, 0.4) is 0 Å². The van der Waals surface area contributed by atoms with Crippen LogP contribution < -0.4 is 10.6 Å². The van der Waals surface area contributed by atoms with Gasteiger partial charge in [0.2, 0.25) is 11.8 Å². The quantitative estimate of drug-likeness (QED) is 0.616. The fourth-order valence-corrected chi connectivity index (χ4v) is 1.98. The van der Waals surface area contributed by atoms with Gasteiger partial charge in [0.05, 0.1) is 26.1 Å². The lowest BCUT2D eigenvalue weighted by atomic mass is 10.2. The van der Waals surface area contributed by atoms with Crippen molar-refractivity contribution in [1.29, 1.82) is 0 Å². The van der Waals surface area contributed by atoms with Crippen molar-refractivity contribution in [3.05, 3.63) is 24.3 Å². The van der Waals surface area contributed by atoms with Crippen molar-refractivity contribution in [2.75, 3.05) is 23.8 Å². The average molecular weight is 364 g/mol. The van der Waals surface area contributed by atoms with E-state index in [9.17, 15) is 19.2 Å². The number of esters is 2. The van der Waals surface area contributed by atoms with Crippen molar-refractivity contribution in [2.45, 2.75) is 39.5 Å². The standard InChI is InChI=1S/C18H24N2O6/c1-3-25-17(23)11-9-15(21)19-13-5-7-14(8-6-13)20-16(22)10-12-18(24)26-4-2/h5-8H,3-4,9-12H2,1-2H3,(H,19,21)(H,20,22). The normalized spacial score (nSPS) is 9.92. The van der Waals surface area contributed by atoms with Crippen molar-refractivity contribution < 1.29 is 28.7 Å². The Hall–Kier alpha value is -2.90. The zero-order chi connectivity index (χ0) is 19.4. The van der Waals surface area contributed by atoms with Crippen LogP contribution in [0.15, 0.2) is 24.3 Å². The lowest BCUT2D eigenvalue weighted by Gasteiger charge is -2.08. The molecule has 142 valence electrons. The molecule has 0 saturated carbocycles. The van der Waals surface area contributed by atoms with Gasteiger partial charge in [-0.2, -0.15) is 0 Å². The maximum atomic E-state index is 11.8. The highest BCUT2D eigenvalue weighted by molar-refractivity contribution is 5.94. The van der Waals surface area contributed by atoms with E-state index in [1.807, 2.05) is 0 Å². The molecule has 0 aliphatic heterocycles. The molecule has 1 aromatic carbocycles. The van der Waals surface area contributed by atoms with Crippen LogP contribution in [0, 0.1) is 0 Å². The van der Waals surface area contributed by atoms with Crippen LogP contribution in [-0.4, -0.2) is 37.0 Å². The van der Waals surface area contributed by atoms with E-state index in [4.69, 9.17) is 9.47 Å². The molecule has 0 saturated heterocycles. The number of anilines is 2. The van der Waals surface area contributed by atoms with E-state index in [1.165, 1.54) is 0 Å². The Labute approximate surface area is 152 Å². The molecule has 8 heteroatoms. The van der Waals surface area contributed by atoms with Crippen LogP contribution in [-0.2, 0) is 28.7 Å². The minimum atomic E-state index is -0.413. The Balaban J connectivity index is 2.38. The molecule has 0 spiro atoms. The average Bonchev–Trinajstić information content (AvgIpc) is 2.60. The van der Waals surface area contributed by atoms with Gasteiger partial charge >= 0.3 is 11.9 Å². The van der Waals surface area contributed by atoms with E-state index >= 15 is 0 Å². The fourth-order valence-electron chi connectivity index (χ4n) is 1.98. The number of rotatable bonds is 10. The molecule has 0 radical (unpaired) electrons. The Morgan fingerprint density at radius 1 is 0.692 bits per heavy atom. The summed E-state index contributed by atoms with van der Waals surface area (Å²) in [4.78, 5) is 45.9. The Morgan fingerprint density at radius 2 is 1.04 bits per heavy atom. The van der Waals surface area contributed by atoms with E-state index in [0.717, 1.165) is 0 Å². The monoisotopic (exact) mass is 364 g/mol. The number of carbonyl (C=O) groups excluding carboxylic acids is 4. The summed E-state index contributed by atoms with van der Waals surface area (Å²) in [6.45, 7) is 3.98. The molecule has 0 aromatic heterocycles. The van der Waals surface area contributed by atoms with Gasteiger partial charge < -0.3 is 20.1 Å². The van der Waals surface area contributed by atoms with Gasteiger partial charge in [-0.1, -0.05) is 0 Å². The minimum absolute atomic E-state index is 0.0221. The molecular formula is C18H24N2O6. The fraction of sp³-hybridized carbons (Fsp3) is 0.444. The zero-order valence-corrected chi connectivity index (χ0v) is 15.0. The molecule has 2 amide bonds. The Kier molecular flexibility index (Phi) is 9.45. The summed E-state index contributed by atoms with van der Waals surface area (Å²) in [5.41, 5.74) is 1.09. The smallest absolute Gasteiger partial charge is 0.306 e. The molecule has 0 heterocycles. The van der Waals surface area contributed by atoms with Crippen molar-refractivity contribution in [1.82, 2.24) is 0 Å². The molecular weight excluding hydrogens is 340 g/mol. The van der Waals surface area contributed by atoms with Crippen molar-refractivity contribution in [3.63, 3.8) is 0 Å². The number of hydrogen-bond donors (Lipinski definition) is 2. The first kappa shape index (κ1) is 21.1. The van der Waals surface area contributed by atoms with Crippen LogP contribution >= 0.6 is 0 Å². The predicted octanol–water partition coefficient (Wildman–Crippen LogP) is 2.25. The van der Waals surface area contributed by atoms with E-state index in [2.05, 4.69) is 10.6 Å². The van der Waals surface area contributed by atoms with Gasteiger partial charge in [0.15, 0.2) is 0 Å². The zero-order valence-electron chi connectivity index (χ0n) is 15.0. The number of hydrogen-bond acceptors (Lipinski definition) is 6. The Morgan fingerprint density at radius 3 is 1.35 bits per heavy atom. The molecule has 2 N–H and O–H groups in total. The van der Waals surface area contributed by atoms with Crippen LogP contribution in [0.5, 0.6) is 0 Å². The van der Waals surface area contributed by atoms with Crippen LogP contribution in [0.4, 0.5) is 11.4 Å². The van der Waals surface area contributed by atoms with Gasteiger partial charge in [0.1, 0.15) is 0 Å². The minimum Gasteiger partial charge on any atom is -0.466 e. The van der Waals surface area contributed by atoms with Gasteiger partial charge in [-0.25, -0.2) is 0 Å². The summed E-state index contributed by atoms with van der Waals surface area (Å²) in [5, 5.41) is 5.31. The molecule has 0 unspecified atom stereocenters. The first-order valence-electron chi connectivity index (χ1n) is 8.45. The number of benzene rings is 1. The maximum absolute atomic E-state index is 11.8. The second-order valence-corrected chi connectivity index (χ2v) is 5.28. The first-order chi connectivity index (χ1) is 12.4. The number of amides is 2. The second kappa shape index (κ2) is 11.6. The highest BCUT2D eigenvalue weighted by Crippen LogP contribution is 2.14. The van der Waals surface area contributed by atoms with Gasteiger partial charge in [0.25, 0.3) is 0 Å². The highest BCUT2D eigenvalue weighted by atomic mass is 16.5. The van der Waals surface area contributed by atoms with Crippen molar-refractivity contribution in [2.24, 2.45) is 0 Å². The Bertz CT molecular complexity index is 572. The summed E-state index contributed by atoms with van der Waals surface area (Å²) >= 11 is 0. The van der Waals surface area contributed by atoms with Gasteiger partial charge in [-0.15, -0.1) is 0 Å².